The van der Waals surface area contributed by atoms with Crippen LogP contribution in [0.15, 0.2) is 24.3 Å². The van der Waals surface area contributed by atoms with Crippen LogP contribution in [0.1, 0.15) is 24.6 Å². The molecule has 0 atom stereocenters. The molecule has 1 aliphatic heterocycles. The Balaban J connectivity index is 2.23. The summed E-state index contributed by atoms with van der Waals surface area (Å²) >= 11 is 0. The summed E-state index contributed by atoms with van der Waals surface area (Å²) in [4.78, 5) is 0. The molecule has 0 bridgehead atoms. The lowest BCUT2D eigenvalue weighted by Crippen LogP contribution is -2.40. The summed E-state index contributed by atoms with van der Waals surface area (Å²) in [5.74, 6) is 0. The summed E-state index contributed by atoms with van der Waals surface area (Å²) in [7, 11) is 4.33. The van der Waals surface area contributed by atoms with Crippen LogP contribution in [0.3, 0.4) is 0 Å². The van der Waals surface area contributed by atoms with Gasteiger partial charge in [-0.3, -0.25) is 0 Å². The van der Waals surface area contributed by atoms with Crippen molar-refractivity contribution in [1.29, 1.82) is 0 Å². The van der Waals surface area contributed by atoms with Gasteiger partial charge in [-0.2, -0.15) is 0 Å². The molecule has 0 amide bonds. The molecule has 0 saturated heterocycles. The smallest absolute Gasteiger partial charge is 0.0537 e. The molecule has 0 unspecified atom stereocenters. The highest BCUT2D eigenvalue weighted by Crippen LogP contribution is 2.31. The van der Waals surface area contributed by atoms with Crippen molar-refractivity contribution < 1.29 is 0 Å². The molecule has 96 valence electrons. The molecule has 0 fully saturated rings. The van der Waals surface area contributed by atoms with Crippen LogP contribution in [0.2, 0.25) is 0 Å². The number of benzene rings is 1. The van der Waals surface area contributed by atoms with Crippen LogP contribution in [0.5, 0.6) is 0 Å². The normalized spacial score (nSPS) is 17.3. The zero-order valence-corrected chi connectivity index (χ0v) is 11.5. The van der Waals surface area contributed by atoms with Crippen LogP contribution in [0, 0.1) is 0 Å². The SMILES string of the molecule is CCCn1c2c(c3ccccc31)CN(C)N(C)C2. The fraction of sp³-hybridized carbons (Fsp3) is 0.467. The molecule has 3 heteroatoms. The molecule has 2 heterocycles. The number of hydrogen-bond donors (Lipinski definition) is 0. The number of hydrazine groups is 1. The van der Waals surface area contributed by atoms with Crippen molar-refractivity contribution in [1.82, 2.24) is 14.6 Å². The Labute approximate surface area is 109 Å². The van der Waals surface area contributed by atoms with E-state index in [1.807, 2.05) is 0 Å². The molecule has 0 spiro atoms. The van der Waals surface area contributed by atoms with Crippen LogP contribution in [-0.4, -0.2) is 28.7 Å². The van der Waals surface area contributed by atoms with Crippen molar-refractivity contribution in [3.8, 4) is 0 Å². The zero-order chi connectivity index (χ0) is 12.7. The lowest BCUT2D eigenvalue weighted by atomic mass is 10.1. The number of hydrogen-bond acceptors (Lipinski definition) is 2. The lowest BCUT2D eigenvalue weighted by Gasteiger charge is -2.33. The predicted molar refractivity (Wildman–Crippen MR) is 75.2 cm³/mol. The Morgan fingerprint density at radius 1 is 1.06 bits per heavy atom. The minimum atomic E-state index is 1.01. The highest BCUT2D eigenvalue weighted by molar-refractivity contribution is 5.85. The van der Waals surface area contributed by atoms with Gasteiger partial charge in [0, 0.05) is 43.8 Å². The van der Waals surface area contributed by atoms with Gasteiger partial charge in [0.15, 0.2) is 0 Å². The summed E-state index contributed by atoms with van der Waals surface area (Å²) in [6, 6.07) is 8.81. The van der Waals surface area contributed by atoms with Gasteiger partial charge in [0.2, 0.25) is 0 Å². The first-order chi connectivity index (χ1) is 8.72. The molecule has 2 aromatic rings. The third kappa shape index (κ3) is 1.66. The number of aromatic nitrogens is 1. The van der Waals surface area contributed by atoms with Gasteiger partial charge >= 0.3 is 0 Å². The first-order valence-corrected chi connectivity index (χ1v) is 6.73. The summed E-state index contributed by atoms with van der Waals surface area (Å²) in [6.07, 6.45) is 1.19. The van der Waals surface area contributed by atoms with Gasteiger partial charge in [0.05, 0.1) is 6.54 Å². The fourth-order valence-corrected chi connectivity index (χ4v) is 2.95. The van der Waals surface area contributed by atoms with E-state index in [0.717, 1.165) is 19.6 Å². The van der Waals surface area contributed by atoms with Gasteiger partial charge < -0.3 is 4.57 Å². The van der Waals surface area contributed by atoms with Gasteiger partial charge in [0.25, 0.3) is 0 Å². The third-order valence-corrected chi connectivity index (χ3v) is 3.99. The highest BCUT2D eigenvalue weighted by Gasteiger charge is 2.24. The molecule has 3 rings (SSSR count). The van der Waals surface area contributed by atoms with Crippen molar-refractivity contribution in [3.63, 3.8) is 0 Å². The van der Waals surface area contributed by atoms with Gasteiger partial charge in [-0.15, -0.1) is 0 Å². The van der Waals surface area contributed by atoms with E-state index in [2.05, 4.69) is 59.9 Å². The Hall–Kier alpha value is -1.32. The Kier molecular flexibility index (Phi) is 2.88. The number of fused-ring (bicyclic) bond motifs is 3. The minimum Gasteiger partial charge on any atom is -0.343 e. The first-order valence-electron chi connectivity index (χ1n) is 6.73. The van der Waals surface area contributed by atoms with Crippen LogP contribution in [-0.2, 0) is 19.6 Å². The quantitative estimate of drug-likeness (QED) is 0.803. The van der Waals surface area contributed by atoms with E-state index in [4.69, 9.17) is 0 Å². The Bertz CT molecular complexity index is 537. The van der Waals surface area contributed by atoms with Crippen LogP contribution in [0.4, 0.5) is 0 Å². The van der Waals surface area contributed by atoms with E-state index >= 15 is 0 Å². The molecule has 1 aromatic heterocycles. The second-order valence-corrected chi connectivity index (χ2v) is 5.23. The summed E-state index contributed by atoms with van der Waals surface area (Å²) in [5.41, 5.74) is 4.41. The number of nitrogens with zero attached hydrogens (tertiary/aromatic N) is 3. The number of aryl methyl sites for hydroxylation is 1. The molecular weight excluding hydrogens is 222 g/mol. The average Bonchev–Trinajstić information content (AvgIpc) is 2.66. The van der Waals surface area contributed by atoms with Crippen molar-refractivity contribution >= 4 is 10.9 Å². The topological polar surface area (TPSA) is 11.4 Å². The van der Waals surface area contributed by atoms with E-state index in [1.54, 1.807) is 0 Å². The third-order valence-electron chi connectivity index (χ3n) is 3.99. The summed E-state index contributed by atoms with van der Waals surface area (Å²) < 4.78 is 2.51. The molecule has 0 radical (unpaired) electrons. The Morgan fingerprint density at radius 3 is 2.56 bits per heavy atom. The monoisotopic (exact) mass is 243 g/mol. The highest BCUT2D eigenvalue weighted by atomic mass is 15.6. The van der Waals surface area contributed by atoms with E-state index in [-0.39, 0.29) is 0 Å². The van der Waals surface area contributed by atoms with Gasteiger partial charge in [0.1, 0.15) is 0 Å². The standard InChI is InChI=1S/C15H21N3/c1-4-9-18-14-8-6-5-7-12(14)13-10-16(2)17(3)11-15(13)18/h5-8H,4,9-11H2,1-3H3. The van der Waals surface area contributed by atoms with Crippen molar-refractivity contribution in [3.05, 3.63) is 35.5 Å². The minimum absolute atomic E-state index is 1.01. The fourth-order valence-electron chi connectivity index (χ4n) is 2.95. The summed E-state index contributed by atoms with van der Waals surface area (Å²) in [6.45, 7) is 5.40. The molecular formula is C15H21N3. The van der Waals surface area contributed by atoms with Crippen LogP contribution in [0.25, 0.3) is 10.9 Å². The molecule has 1 aliphatic rings. The molecule has 0 aliphatic carbocycles. The second-order valence-electron chi connectivity index (χ2n) is 5.23. The molecule has 18 heavy (non-hydrogen) atoms. The summed E-state index contributed by atoms with van der Waals surface area (Å²) in [5, 5.41) is 6.03. The average molecular weight is 243 g/mol. The van der Waals surface area contributed by atoms with E-state index < -0.39 is 0 Å². The number of rotatable bonds is 2. The first kappa shape index (κ1) is 11.8. The van der Waals surface area contributed by atoms with Crippen molar-refractivity contribution in [2.24, 2.45) is 0 Å². The molecule has 3 nitrogen and oxygen atoms in total. The zero-order valence-electron chi connectivity index (χ0n) is 11.5. The maximum absolute atomic E-state index is 2.51. The van der Waals surface area contributed by atoms with Crippen molar-refractivity contribution in [2.45, 2.75) is 33.0 Å². The molecule has 0 saturated carbocycles. The van der Waals surface area contributed by atoms with Gasteiger partial charge in [-0.25, -0.2) is 10.0 Å². The lowest BCUT2D eigenvalue weighted by molar-refractivity contribution is -0.00376. The van der Waals surface area contributed by atoms with E-state index in [9.17, 15) is 0 Å². The molecule has 0 N–H and O–H groups in total. The number of para-hydroxylation sites is 1. The van der Waals surface area contributed by atoms with E-state index in [1.165, 1.54) is 28.6 Å². The Morgan fingerprint density at radius 2 is 1.78 bits per heavy atom. The largest absolute Gasteiger partial charge is 0.343 e. The predicted octanol–water partition coefficient (Wildman–Crippen LogP) is 2.84. The van der Waals surface area contributed by atoms with Gasteiger partial charge in [-0.05, 0) is 18.1 Å². The molecule has 1 aromatic carbocycles. The van der Waals surface area contributed by atoms with Crippen LogP contribution < -0.4 is 0 Å². The van der Waals surface area contributed by atoms with Gasteiger partial charge in [-0.1, -0.05) is 25.1 Å². The van der Waals surface area contributed by atoms with E-state index in [0.29, 0.717) is 0 Å². The maximum atomic E-state index is 2.51. The second kappa shape index (κ2) is 4.41. The van der Waals surface area contributed by atoms with Crippen LogP contribution >= 0.6 is 0 Å². The maximum Gasteiger partial charge on any atom is 0.0537 e. The van der Waals surface area contributed by atoms with Crippen molar-refractivity contribution in [2.75, 3.05) is 14.1 Å².